The number of hydrogen-bond donors (Lipinski definition) is 0. The van der Waals surface area contributed by atoms with Crippen LogP contribution in [0.5, 0.6) is 0 Å². The van der Waals surface area contributed by atoms with E-state index in [4.69, 9.17) is 4.74 Å². The van der Waals surface area contributed by atoms with Crippen LogP contribution >= 0.6 is 43.2 Å². The molecule has 7 heteroatoms. The Morgan fingerprint density at radius 2 is 1.67 bits per heavy atom. The molecule has 0 radical (unpaired) electrons. The molecule has 0 saturated heterocycles. The Kier molecular flexibility index (Phi) is 9.08. The molecule has 1 aromatic carbocycles. The van der Waals surface area contributed by atoms with E-state index in [2.05, 4.69) is 55.7 Å². The molecule has 0 aliphatic carbocycles. The first-order valence-electron chi connectivity index (χ1n) is 10.7. The molecule has 3 aromatic rings. The molecule has 0 amide bonds. The highest BCUT2D eigenvalue weighted by molar-refractivity contribution is 9.11. The lowest BCUT2D eigenvalue weighted by Gasteiger charge is -2.16. The Hall–Kier alpha value is -1.05. The lowest BCUT2D eigenvalue weighted by molar-refractivity contribution is 0.0428. The van der Waals surface area contributed by atoms with Crippen LogP contribution in [0.1, 0.15) is 74.9 Å². The Labute approximate surface area is 199 Å². The maximum Gasteiger partial charge on any atom is 0.348 e. The van der Waals surface area contributed by atoms with E-state index in [1.54, 1.807) is 12.4 Å². The van der Waals surface area contributed by atoms with E-state index in [0.717, 1.165) is 42.9 Å². The van der Waals surface area contributed by atoms with Crippen molar-refractivity contribution in [1.82, 2.24) is 9.97 Å². The van der Waals surface area contributed by atoms with Gasteiger partial charge in [0.1, 0.15) is 15.9 Å². The fraction of sp³-hybridized carbons (Fsp3) is 0.522. The van der Waals surface area contributed by atoms with E-state index in [-0.39, 0.29) is 5.97 Å². The molecular formula is C23H28Br2N2O2S. The maximum atomic E-state index is 12.8. The number of nitrogens with zero attached hydrogens (tertiary/aromatic N) is 2. The van der Waals surface area contributed by atoms with Gasteiger partial charge in [0, 0.05) is 17.8 Å². The summed E-state index contributed by atoms with van der Waals surface area (Å²) in [4.78, 5) is 22.3. The molecule has 0 aliphatic rings. The van der Waals surface area contributed by atoms with Crippen LogP contribution in [0.15, 0.2) is 27.4 Å². The largest absolute Gasteiger partial charge is 0.461 e. The molecule has 2 aromatic heterocycles. The number of carbonyl (C=O) groups excluding carboxylic acids is 1. The Morgan fingerprint density at radius 1 is 1.00 bits per heavy atom. The van der Waals surface area contributed by atoms with Gasteiger partial charge in [-0.05, 0) is 56.7 Å². The van der Waals surface area contributed by atoms with Gasteiger partial charge < -0.3 is 4.74 Å². The average molecular weight is 556 g/mol. The molecule has 30 heavy (non-hydrogen) atoms. The molecule has 0 N–H and O–H groups in total. The summed E-state index contributed by atoms with van der Waals surface area (Å²) in [5.41, 5.74) is 1.56. The minimum absolute atomic E-state index is 0.241. The molecule has 162 valence electrons. The highest BCUT2D eigenvalue weighted by atomic mass is 79.9. The molecule has 0 saturated carbocycles. The second kappa shape index (κ2) is 11.5. The number of aromatic nitrogens is 2. The maximum absolute atomic E-state index is 12.8. The molecule has 3 rings (SSSR count). The Morgan fingerprint density at radius 3 is 2.37 bits per heavy atom. The van der Waals surface area contributed by atoms with E-state index in [9.17, 15) is 4.79 Å². The van der Waals surface area contributed by atoms with Crippen molar-refractivity contribution < 1.29 is 9.53 Å². The van der Waals surface area contributed by atoms with Crippen LogP contribution in [0, 0.1) is 5.92 Å². The van der Waals surface area contributed by atoms with Gasteiger partial charge in [-0.25, -0.2) is 4.79 Å². The summed E-state index contributed by atoms with van der Waals surface area (Å²) in [5, 5.41) is 0.953. The summed E-state index contributed by atoms with van der Waals surface area (Å²) in [7, 11) is 0. The SMILES string of the molecule is CCCCCCC(CCCC)COC(=O)c1cc2c(Br)c3nccnc3c(Br)c2s1. The number of carbonyl (C=O) groups is 1. The number of rotatable bonds is 11. The van der Waals surface area contributed by atoms with E-state index in [1.807, 2.05) is 6.07 Å². The van der Waals surface area contributed by atoms with Crippen molar-refractivity contribution in [1.29, 1.82) is 0 Å². The fourth-order valence-corrected chi connectivity index (χ4v) is 6.12. The molecule has 1 atom stereocenters. The summed E-state index contributed by atoms with van der Waals surface area (Å²) in [6, 6.07) is 1.90. The van der Waals surface area contributed by atoms with Crippen molar-refractivity contribution in [3.63, 3.8) is 0 Å². The van der Waals surface area contributed by atoms with E-state index >= 15 is 0 Å². The van der Waals surface area contributed by atoms with Crippen LogP contribution in [0.25, 0.3) is 21.1 Å². The van der Waals surface area contributed by atoms with Gasteiger partial charge >= 0.3 is 5.97 Å². The third-order valence-corrected chi connectivity index (χ3v) is 8.33. The zero-order chi connectivity index (χ0) is 21.5. The van der Waals surface area contributed by atoms with Gasteiger partial charge in [0.05, 0.1) is 20.3 Å². The number of benzene rings is 1. The van der Waals surface area contributed by atoms with Crippen LogP contribution in [0.4, 0.5) is 0 Å². The van der Waals surface area contributed by atoms with Crippen LogP contribution in [0.3, 0.4) is 0 Å². The standard InChI is InChI=1S/C23H28Br2N2O2S/c1-3-5-7-8-10-15(9-6-4-2)14-29-23(28)17-13-16-18(24)20-21(27-12-11-26-20)19(25)22(16)30-17/h11-13,15H,3-10,14H2,1-2H3. The summed E-state index contributed by atoms with van der Waals surface area (Å²) >= 11 is 8.72. The highest BCUT2D eigenvalue weighted by Gasteiger charge is 2.20. The van der Waals surface area contributed by atoms with Crippen molar-refractivity contribution in [3.8, 4) is 0 Å². The van der Waals surface area contributed by atoms with Crippen molar-refractivity contribution in [2.75, 3.05) is 6.61 Å². The van der Waals surface area contributed by atoms with Crippen molar-refractivity contribution in [3.05, 3.63) is 32.3 Å². The Bertz CT molecular complexity index is 947. The molecule has 0 spiro atoms. The lowest BCUT2D eigenvalue weighted by Crippen LogP contribution is -2.14. The summed E-state index contributed by atoms with van der Waals surface area (Å²) in [5.74, 6) is 0.213. The number of fused-ring (bicyclic) bond motifs is 2. The first kappa shape index (κ1) is 23.6. The number of unbranched alkanes of at least 4 members (excludes halogenated alkanes) is 4. The molecule has 2 heterocycles. The van der Waals surface area contributed by atoms with E-state index in [0.29, 0.717) is 17.4 Å². The van der Waals surface area contributed by atoms with Crippen LogP contribution in [0.2, 0.25) is 0 Å². The fourth-order valence-electron chi connectivity index (χ4n) is 3.64. The van der Waals surface area contributed by atoms with Gasteiger partial charge in [-0.1, -0.05) is 52.4 Å². The molecule has 0 fully saturated rings. The van der Waals surface area contributed by atoms with Crippen LogP contribution in [-0.4, -0.2) is 22.5 Å². The predicted molar refractivity (Wildman–Crippen MR) is 132 cm³/mol. The van der Waals surface area contributed by atoms with Crippen molar-refractivity contribution in [2.24, 2.45) is 5.92 Å². The average Bonchev–Trinajstić information content (AvgIpc) is 3.22. The minimum atomic E-state index is -0.241. The zero-order valence-electron chi connectivity index (χ0n) is 17.5. The number of ether oxygens (including phenoxy) is 1. The van der Waals surface area contributed by atoms with Gasteiger partial charge in [0.25, 0.3) is 0 Å². The van der Waals surface area contributed by atoms with Crippen LogP contribution < -0.4 is 0 Å². The van der Waals surface area contributed by atoms with Gasteiger partial charge in [0.2, 0.25) is 0 Å². The third-order valence-electron chi connectivity index (χ3n) is 5.37. The molecule has 4 nitrogen and oxygen atoms in total. The minimum Gasteiger partial charge on any atom is -0.461 e. The quantitative estimate of drug-likeness (QED) is 0.176. The first-order valence-corrected chi connectivity index (χ1v) is 13.1. The van der Waals surface area contributed by atoms with Gasteiger partial charge in [-0.15, -0.1) is 11.3 Å². The van der Waals surface area contributed by atoms with Gasteiger partial charge in [-0.3, -0.25) is 9.97 Å². The monoisotopic (exact) mass is 554 g/mol. The van der Waals surface area contributed by atoms with E-state index < -0.39 is 0 Å². The zero-order valence-corrected chi connectivity index (χ0v) is 21.5. The number of esters is 1. The second-order valence-corrected chi connectivity index (χ2v) is 10.3. The third kappa shape index (κ3) is 5.60. The summed E-state index contributed by atoms with van der Waals surface area (Å²) < 4.78 is 8.46. The number of thiophene rings is 1. The molecule has 0 bridgehead atoms. The van der Waals surface area contributed by atoms with Crippen LogP contribution in [-0.2, 0) is 4.74 Å². The summed E-state index contributed by atoms with van der Waals surface area (Å²) in [6.45, 7) is 4.95. The normalized spacial score (nSPS) is 12.5. The lowest BCUT2D eigenvalue weighted by atomic mass is 9.96. The topological polar surface area (TPSA) is 52.1 Å². The highest BCUT2D eigenvalue weighted by Crippen LogP contribution is 2.42. The molecular weight excluding hydrogens is 528 g/mol. The number of hydrogen-bond acceptors (Lipinski definition) is 5. The van der Waals surface area contributed by atoms with Gasteiger partial charge in [-0.2, -0.15) is 0 Å². The Balaban J connectivity index is 1.73. The van der Waals surface area contributed by atoms with Crippen molar-refractivity contribution >= 4 is 70.3 Å². The summed E-state index contributed by atoms with van der Waals surface area (Å²) in [6.07, 6.45) is 13.0. The smallest absolute Gasteiger partial charge is 0.348 e. The molecule has 1 unspecified atom stereocenters. The molecule has 0 aliphatic heterocycles. The number of halogens is 2. The first-order chi connectivity index (χ1) is 14.6. The predicted octanol–water partition coefficient (Wildman–Crippen LogP) is 8.30. The van der Waals surface area contributed by atoms with E-state index in [1.165, 1.54) is 49.9 Å². The van der Waals surface area contributed by atoms with Gasteiger partial charge in [0.15, 0.2) is 0 Å². The van der Waals surface area contributed by atoms with Crippen molar-refractivity contribution in [2.45, 2.75) is 65.2 Å². The second-order valence-electron chi connectivity index (χ2n) is 7.69.